The summed E-state index contributed by atoms with van der Waals surface area (Å²) in [6.45, 7) is 2.18. The van der Waals surface area contributed by atoms with Gasteiger partial charge in [-0.2, -0.15) is 0 Å². The maximum Gasteiger partial charge on any atom is 0.161 e. The Morgan fingerprint density at radius 3 is 2.65 bits per heavy atom. The Balaban J connectivity index is 2.22. The monoisotopic (exact) mass is 267 g/mol. The van der Waals surface area contributed by atoms with Gasteiger partial charge in [-0.05, 0) is 30.7 Å². The predicted octanol–water partition coefficient (Wildman–Crippen LogP) is 4.05. The normalized spacial score (nSPS) is 10.5. The van der Waals surface area contributed by atoms with Crippen molar-refractivity contribution < 1.29 is 4.79 Å². The third-order valence-corrected chi connectivity index (χ3v) is 3.11. The van der Waals surface area contributed by atoms with Crippen LogP contribution in [0.25, 0.3) is 0 Å². The summed E-state index contributed by atoms with van der Waals surface area (Å²) in [5.74, 6) is 0.0611. The van der Waals surface area contributed by atoms with Crippen LogP contribution >= 0.6 is 23.2 Å². The molecule has 0 atom stereocenters. The molecule has 4 heteroatoms. The molecule has 0 bridgehead atoms. The Morgan fingerprint density at radius 2 is 2.06 bits per heavy atom. The number of ketones is 1. The topological polar surface area (TPSA) is 22.0 Å². The van der Waals surface area contributed by atoms with Gasteiger partial charge in [0.15, 0.2) is 5.78 Å². The van der Waals surface area contributed by atoms with Gasteiger partial charge in [0.05, 0.1) is 0 Å². The summed E-state index contributed by atoms with van der Waals surface area (Å²) in [4.78, 5) is 11.2. The standard InChI is InChI=1S/C13H11Cl2NO/c1-9(17)10-4-5-16(7-10)8-11-2-3-12(14)6-13(11)15/h2-7H,8H2,1H3. The van der Waals surface area contributed by atoms with E-state index < -0.39 is 0 Å². The second kappa shape index (κ2) is 4.94. The van der Waals surface area contributed by atoms with E-state index in [2.05, 4.69) is 0 Å². The molecule has 17 heavy (non-hydrogen) atoms. The lowest BCUT2D eigenvalue weighted by molar-refractivity contribution is 0.101. The first-order valence-corrected chi connectivity index (χ1v) is 5.92. The van der Waals surface area contributed by atoms with E-state index in [1.165, 1.54) is 0 Å². The van der Waals surface area contributed by atoms with Crippen LogP contribution < -0.4 is 0 Å². The first-order chi connectivity index (χ1) is 8.06. The Bertz CT molecular complexity index is 560. The fourth-order valence-electron chi connectivity index (χ4n) is 1.59. The zero-order chi connectivity index (χ0) is 12.4. The minimum atomic E-state index is 0.0611. The van der Waals surface area contributed by atoms with Crippen molar-refractivity contribution in [3.05, 3.63) is 57.8 Å². The van der Waals surface area contributed by atoms with Crippen molar-refractivity contribution in [2.75, 3.05) is 0 Å². The molecule has 0 amide bonds. The Kier molecular flexibility index (Phi) is 3.55. The van der Waals surface area contributed by atoms with Gasteiger partial charge in [0.2, 0.25) is 0 Å². The van der Waals surface area contributed by atoms with E-state index >= 15 is 0 Å². The average Bonchev–Trinajstić information content (AvgIpc) is 2.71. The van der Waals surface area contributed by atoms with Crippen LogP contribution in [0.4, 0.5) is 0 Å². The van der Waals surface area contributed by atoms with E-state index in [9.17, 15) is 4.79 Å². The number of benzene rings is 1. The number of hydrogen-bond acceptors (Lipinski definition) is 1. The molecule has 2 nitrogen and oxygen atoms in total. The highest BCUT2D eigenvalue weighted by atomic mass is 35.5. The van der Waals surface area contributed by atoms with E-state index in [0.717, 1.165) is 5.56 Å². The lowest BCUT2D eigenvalue weighted by Gasteiger charge is -2.05. The van der Waals surface area contributed by atoms with Gasteiger partial charge in [0.1, 0.15) is 0 Å². The van der Waals surface area contributed by atoms with Crippen molar-refractivity contribution in [1.29, 1.82) is 0 Å². The van der Waals surface area contributed by atoms with Gasteiger partial charge < -0.3 is 4.57 Å². The van der Waals surface area contributed by atoms with Crippen LogP contribution in [0.2, 0.25) is 10.0 Å². The van der Waals surface area contributed by atoms with Crippen LogP contribution in [0.3, 0.4) is 0 Å². The third-order valence-electron chi connectivity index (χ3n) is 2.53. The van der Waals surface area contributed by atoms with Gasteiger partial charge in [0, 0.05) is 34.5 Å². The molecule has 0 aliphatic carbocycles. The van der Waals surface area contributed by atoms with Crippen LogP contribution in [0.15, 0.2) is 36.7 Å². The largest absolute Gasteiger partial charge is 0.349 e. The van der Waals surface area contributed by atoms with Gasteiger partial charge in [-0.1, -0.05) is 29.3 Å². The van der Waals surface area contributed by atoms with Gasteiger partial charge >= 0.3 is 0 Å². The zero-order valence-corrected chi connectivity index (χ0v) is 10.8. The molecular weight excluding hydrogens is 257 g/mol. The van der Waals surface area contributed by atoms with Crippen LogP contribution in [-0.4, -0.2) is 10.4 Å². The lowest BCUT2D eigenvalue weighted by atomic mass is 10.2. The van der Waals surface area contributed by atoms with Gasteiger partial charge in [-0.15, -0.1) is 0 Å². The molecule has 0 N–H and O–H groups in total. The summed E-state index contributed by atoms with van der Waals surface area (Å²) in [5, 5.41) is 1.26. The highest BCUT2D eigenvalue weighted by Crippen LogP contribution is 2.22. The summed E-state index contributed by atoms with van der Waals surface area (Å²) >= 11 is 11.9. The summed E-state index contributed by atoms with van der Waals surface area (Å²) in [6, 6.07) is 7.20. The number of carbonyl (C=O) groups excluding carboxylic acids is 1. The molecule has 1 heterocycles. The van der Waals surface area contributed by atoms with Crippen molar-refractivity contribution in [2.45, 2.75) is 13.5 Å². The van der Waals surface area contributed by atoms with Crippen LogP contribution in [0, 0.1) is 0 Å². The Hall–Kier alpha value is -1.25. The molecule has 0 saturated heterocycles. The zero-order valence-electron chi connectivity index (χ0n) is 9.28. The van der Waals surface area contributed by atoms with Crippen molar-refractivity contribution in [2.24, 2.45) is 0 Å². The Morgan fingerprint density at radius 1 is 1.29 bits per heavy atom. The smallest absolute Gasteiger partial charge is 0.161 e. The molecule has 2 rings (SSSR count). The molecule has 0 unspecified atom stereocenters. The molecule has 1 aromatic carbocycles. The molecule has 0 radical (unpaired) electrons. The third kappa shape index (κ3) is 2.90. The molecule has 0 aliphatic heterocycles. The van der Waals surface area contributed by atoms with E-state index in [0.29, 0.717) is 22.2 Å². The number of carbonyl (C=O) groups is 1. The summed E-state index contributed by atoms with van der Waals surface area (Å²) in [6.07, 6.45) is 3.68. The predicted molar refractivity (Wildman–Crippen MR) is 70.0 cm³/mol. The van der Waals surface area contributed by atoms with Crippen LogP contribution in [-0.2, 0) is 6.54 Å². The molecule has 2 aromatic rings. The molecule has 0 aliphatic rings. The molecule has 88 valence electrons. The van der Waals surface area contributed by atoms with Crippen LogP contribution in [0.5, 0.6) is 0 Å². The second-order valence-electron chi connectivity index (χ2n) is 3.86. The maximum absolute atomic E-state index is 11.2. The lowest BCUT2D eigenvalue weighted by Crippen LogP contribution is -1.97. The van der Waals surface area contributed by atoms with E-state index in [1.807, 2.05) is 23.0 Å². The second-order valence-corrected chi connectivity index (χ2v) is 4.71. The molecule has 0 fully saturated rings. The number of aromatic nitrogens is 1. The van der Waals surface area contributed by atoms with Crippen molar-refractivity contribution >= 4 is 29.0 Å². The molecule has 0 spiro atoms. The number of rotatable bonds is 3. The Labute approximate surface area is 110 Å². The van der Waals surface area contributed by atoms with E-state index in [-0.39, 0.29) is 5.78 Å². The quantitative estimate of drug-likeness (QED) is 0.770. The van der Waals surface area contributed by atoms with E-state index in [4.69, 9.17) is 23.2 Å². The molecule has 0 saturated carbocycles. The first kappa shape index (κ1) is 12.2. The SMILES string of the molecule is CC(=O)c1ccn(Cc2ccc(Cl)cc2Cl)c1. The number of hydrogen-bond donors (Lipinski definition) is 0. The van der Waals surface area contributed by atoms with Crippen LogP contribution in [0.1, 0.15) is 22.8 Å². The summed E-state index contributed by atoms with van der Waals surface area (Å²) < 4.78 is 1.92. The van der Waals surface area contributed by atoms with Crippen molar-refractivity contribution in [1.82, 2.24) is 4.57 Å². The number of nitrogens with zero attached hydrogens (tertiary/aromatic N) is 1. The van der Waals surface area contributed by atoms with Crippen molar-refractivity contribution in [3.8, 4) is 0 Å². The molecular formula is C13H11Cl2NO. The fraction of sp³-hybridized carbons (Fsp3) is 0.154. The average molecular weight is 268 g/mol. The maximum atomic E-state index is 11.2. The summed E-state index contributed by atoms with van der Waals surface area (Å²) in [7, 11) is 0. The van der Waals surface area contributed by atoms with Crippen molar-refractivity contribution in [3.63, 3.8) is 0 Å². The van der Waals surface area contributed by atoms with Gasteiger partial charge in [-0.3, -0.25) is 4.79 Å². The highest BCUT2D eigenvalue weighted by Gasteiger charge is 2.05. The summed E-state index contributed by atoms with van der Waals surface area (Å²) in [5.41, 5.74) is 1.68. The minimum absolute atomic E-state index is 0.0611. The fourth-order valence-corrected chi connectivity index (χ4v) is 2.06. The molecule has 1 aromatic heterocycles. The highest BCUT2D eigenvalue weighted by molar-refractivity contribution is 6.35. The number of Topliss-reactive ketones (excluding diaryl/α,β-unsaturated/α-hetero) is 1. The van der Waals surface area contributed by atoms with Gasteiger partial charge in [0.25, 0.3) is 0 Å². The minimum Gasteiger partial charge on any atom is -0.349 e. The number of halogens is 2. The first-order valence-electron chi connectivity index (χ1n) is 5.17. The van der Waals surface area contributed by atoms with Gasteiger partial charge in [-0.25, -0.2) is 0 Å². The van der Waals surface area contributed by atoms with E-state index in [1.54, 1.807) is 25.1 Å².